The largest absolute Gasteiger partial charge is 0.479 e. The van der Waals surface area contributed by atoms with E-state index in [-0.39, 0.29) is 11.5 Å². The lowest BCUT2D eigenvalue weighted by molar-refractivity contribution is -0.160. The zero-order chi connectivity index (χ0) is 33.4. The topological polar surface area (TPSA) is 88.0 Å². The molecular formula is C38H52N4O4. The predicted molar refractivity (Wildman–Crippen MR) is 183 cm³/mol. The molecule has 8 heteroatoms. The van der Waals surface area contributed by atoms with E-state index in [9.17, 15) is 9.90 Å². The van der Waals surface area contributed by atoms with Crippen LogP contribution >= 0.6 is 0 Å². The second-order valence-corrected chi connectivity index (χ2v) is 15.1. The highest BCUT2D eigenvalue weighted by Crippen LogP contribution is 2.45. The Labute approximate surface area is 275 Å². The fraction of sp³-hybridized carbons (Fsp3) is 0.553. The van der Waals surface area contributed by atoms with Crippen molar-refractivity contribution in [2.24, 2.45) is 5.41 Å². The molecule has 0 unspecified atom stereocenters. The molecule has 8 nitrogen and oxygen atoms in total. The maximum absolute atomic E-state index is 12.8. The van der Waals surface area contributed by atoms with Crippen LogP contribution in [0, 0.1) is 19.3 Å². The Bertz CT molecular complexity index is 1570. The number of aliphatic carboxylic acids is 1. The Balaban J connectivity index is 1.54. The van der Waals surface area contributed by atoms with Gasteiger partial charge in [-0.1, -0.05) is 38.1 Å². The first kappa shape index (κ1) is 33.9. The molecule has 1 fully saturated rings. The number of piperidine rings is 1. The first-order valence-electron chi connectivity index (χ1n) is 16.7. The van der Waals surface area contributed by atoms with Gasteiger partial charge in [0.15, 0.2) is 6.10 Å². The van der Waals surface area contributed by atoms with E-state index < -0.39 is 17.7 Å². The summed E-state index contributed by atoms with van der Waals surface area (Å²) >= 11 is 0. The molecule has 248 valence electrons. The quantitative estimate of drug-likeness (QED) is 0.258. The molecule has 1 N–H and O–H groups in total. The maximum Gasteiger partial charge on any atom is 0.337 e. The Hall–Kier alpha value is -3.49. The van der Waals surface area contributed by atoms with Crippen LogP contribution < -0.4 is 9.64 Å². The minimum atomic E-state index is -1.12. The number of carbonyl (C=O) groups is 1. The van der Waals surface area contributed by atoms with E-state index in [2.05, 4.69) is 59.8 Å². The third-order valence-corrected chi connectivity index (χ3v) is 9.15. The highest BCUT2D eigenvalue weighted by Gasteiger charge is 2.36. The van der Waals surface area contributed by atoms with Crippen LogP contribution in [-0.4, -0.2) is 57.3 Å². The van der Waals surface area contributed by atoms with Crippen molar-refractivity contribution in [3.63, 3.8) is 0 Å². The summed E-state index contributed by atoms with van der Waals surface area (Å²) in [6.45, 7) is 22.6. The van der Waals surface area contributed by atoms with Crippen LogP contribution in [0.5, 0.6) is 5.88 Å². The van der Waals surface area contributed by atoms with E-state index in [1.807, 2.05) is 47.6 Å². The van der Waals surface area contributed by atoms with Crippen LogP contribution in [0.4, 0.5) is 5.69 Å². The summed E-state index contributed by atoms with van der Waals surface area (Å²) in [5.74, 6) is -0.283. The molecule has 1 atom stereocenters. The normalized spacial score (nSPS) is 17.6. The first-order chi connectivity index (χ1) is 21.6. The molecule has 2 aliphatic rings. The number of aromatic nitrogens is 2. The lowest BCUT2D eigenvalue weighted by Crippen LogP contribution is -2.39. The molecular weight excluding hydrogens is 576 g/mol. The fourth-order valence-corrected chi connectivity index (χ4v) is 6.77. The van der Waals surface area contributed by atoms with Crippen molar-refractivity contribution in [3.05, 3.63) is 70.2 Å². The van der Waals surface area contributed by atoms with E-state index in [4.69, 9.17) is 14.5 Å². The fourth-order valence-electron chi connectivity index (χ4n) is 6.77. The van der Waals surface area contributed by atoms with E-state index in [1.54, 1.807) is 6.20 Å². The van der Waals surface area contributed by atoms with Gasteiger partial charge in [0.25, 0.3) is 0 Å². The number of fused-ring (bicyclic) bond motifs is 1. The Morgan fingerprint density at radius 2 is 1.76 bits per heavy atom. The molecule has 2 aliphatic heterocycles. The minimum Gasteiger partial charge on any atom is -0.479 e. The van der Waals surface area contributed by atoms with Gasteiger partial charge in [0.1, 0.15) is 0 Å². The molecule has 3 aromatic rings. The van der Waals surface area contributed by atoms with Crippen molar-refractivity contribution in [3.8, 4) is 17.0 Å². The number of pyridine rings is 2. The smallest absolute Gasteiger partial charge is 0.337 e. The number of hydrogen-bond donors (Lipinski definition) is 1. The summed E-state index contributed by atoms with van der Waals surface area (Å²) in [7, 11) is 0. The molecule has 0 bridgehead atoms. The van der Waals surface area contributed by atoms with Crippen LogP contribution in [0.3, 0.4) is 0 Å². The van der Waals surface area contributed by atoms with Crippen LogP contribution in [-0.2, 0) is 29.0 Å². The Morgan fingerprint density at radius 1 is 1.04 bits per heavy atom. The number of aryl methyl sites for hydroxylation is 2. The highest BCUT2D eigenvalue weighted by atomic mass is 16.5. The van der Waals surface area contributed by atoms with Gasteiger partial charge in [-0.15, -0.1) is 0 Å². The lowest BCUT2D eigenvalue weighted by atomic mass is 9.81. The van der Waals surface area contributed by atoms with Gasteiger partial charge in [-0.05, 0) is 95.9 Å². The summed E-state index contributed by atoms with van der Waals surface area (Å²) < 4.78 is 12.3. The summed E-state index contributed by atoms with van der Waals surface area (Å²) in [4.78, 5) is 27.1. The number of benzene rings is 1. The number of carboxylic acids is 1. The molecule has 0 amide bonds. The van der Waals surface area contributed by atoms with Crippen LogP contribution in [0.1, 0.15) is 101 Å². The molecule has 1 saturated heterocycles. The molecule has 0 radical (unpaired) electrons. The number of rotatable bonds is 9. The van der Waals surface area contributed by atoms with Gasteiger partial charge in [0.05, 0.1) is 17.4 Å². The number of hydrogen-bond acceptors (Lipinski definition) is 7. The number of anilines is 1. The zero-order valence-corrected chi connectivity index (χ0v) is 29.2. The summed E-state index contributed by atoms with van der Waals surface area (Å²) in [6, 6.07) is 10.8. The minimum absolute atomic E-state index is 0.0708. The molecule has 4 heterocycles. The molecule has 5 rings (SSSR count). The zero-order valence-electron chi connectivity index (χ0n) is 29.2. The lowest BCUT2D eigenvalue weighted by Gasteiger charge is -2.41. The van der Waals surface area contributed by atoms with Crippen molar-refractivity contribution in [1.29, 1.82) is 0 Å². The van der Waals surface area contributed by atoms with Gasteiger partial charge < -0.3 is 19.5 Å². The van der Waals surface area contributed by atoms with Gasteiger partial charge in [0.2, 0.25) is 5.88 Å². The van der Waals surface area contributed by atoms with Gasteiger partial charge >= 0.3 is 5.97 Å². The number of ether oxygens (including phenoxy) is 2. The molecule has 0 spiro atoms. The van der Waals surface area contributed by atoms with Crippen molar-refractivity contribution >= 4 is 11.7 Å². The Morgan fingerprint density at radius 3 is 2.41 bits per heavy atom. The SMILES string of the molecule is Cc1nc(C)c([C@H](OC(C)(C)C)C(=O)O)c(N2CCC(C)(C)CC2)c1-c1ccc2c(c1)CCN(Cc1cccnc1OC(C)C)C2. The molecule has 46 heavy (non-hydrogen) atoms. The monoisotopic (exact) mass is 628 g/mol. The molecule has 0 aliphatic carbocycles. The Kier molecular flexibility index (Phi) is 9.81. The van der Waals surface area contributed by atoms with Crippen molar-refractivity contribution < 1.29 is 19.4 Å². The van der Waals surface area contributed by atoms with Crippen LogP contribution in [0.25, 0.3) is 11.1 Å². The van der Waals surface area contributed by atoms with E-state index >= 15 is 0 Å². The maximum atomic E-state index is 12.8. The molecule has 0 saturated carbocycles. The summed E-state index contributed by atoms with van der Waals surface area (Å²) in [5, 5.41) is 10.5. The van der Waals surface area contributed by atoms with E-state index in [0.29, 0.717) is 17.1 Å². The molecule has 1 aromatic carbocycles. The second kappa shape index (κ2) is 13.3. The van der Waals surface area contributed by atoms with Crippen LogP contribution in [0.15, 0.2) is 36.5 Å². The van der Waals surface area contributed by atoms with Crippen molar-refractivity contribution in [2.45, 2.75) is 112 Å². The summed E-state index contributed by atoms with van der Waals surface area (Å²) in [5.41, 5.74) is 8.69. The average Bonchev–Trinajstić information content (AvgIpc) is 2.96. The number of carboxylic acid groups (broad SMARTS) is 1. The average molecular weight is 629 g/mol. The standard InChI is InChI=1S/C38H52N4O4/c1-24(2)45-35-30(11-10-17-39-35)23-41-18-14-27-21-28(12-13-29(27)22-41)31-25(3)40-26(4)32(34(36(43)44)46-37(5,6)7)33(31)42-19-15-38(8,9)16-20-42/h10-13,17,21,24,34H,14-16,18-20,22-23H2,1-9H3,(H,43,44)/t34-/m0/s1. The molecule has 2 aromatic heterocycles. The van der Waals surface area contributed by atoms with Gasteiger partial charge in [0, 0.05) is 67.0 Å². The highest BCUT2D eigenvalue weighted by molar-refractivity contribution is 5.88. The predicted octanol–water partition coefficient (Wildman–Crippen LogP) is 7.67. The first-order valence-corrected chi connectivity index (χ1v) is 16.7. The van der Waals surface area contributed by atoms with E-state index in [1.165, 1.54) is 11.1 Å². The van der Waals surface area contributed by atoms with Crippen molar-refractivity contribution in [2.75, 3.05) is 24.5 Å². The third-order valence-electron chi connectivity index (χ3n) is 9.15. The second-order valence-electron chi connectivity index (χ2n) is 15.1. The van der Waals surface area contributed by atoms with E-state index in [0.717, 1.165) is 80.1 Å². The number of nitrogens with zero attached hydrogens (tertiary/aromatic N) is 4. The van der Waals surface area contributed by atoms with Gasteiger partial charge in [-0.2, -0.15) is 0 Å². The summed E-state index contributed by atoms with van der Waals surface area (Å²) in [6.07, 6.45) is 3.72. The third kappa shape index (κ3) is 7.72. The van der Waals surface area contributed by atoms with Crippen molar-refractivity contribution in [1.82, 2.24) is 14.9 Å². The van der Waals surface area contributed by atoms with Crippen LogP contribution in [0.2, 0.25) is 0 Å². The van der Waals surface area contributed by atoms with Gasteiger partial charge in [-0.25, -0.2) is 9.78 Å². The van der Waals surface area contributed by atoms with Gasteiger partial charge in [-0.3, -0.25) is 9.88 Å².